The van der Waals surface area contributed by atoms with Crippen LogP contribution in [0.4, 0.5) is 68.4 Å². The topological polar surface area (TPSA) is 30.3 Å². The van der Waals surface area contributed by atoms with E-state index in [-0.39, 0.29) is 17.5 Å². The number of para-hydroxylation sites is 4. The van der Waals surface area contributed by atoms with Crippen LogP contribution in [0.15, 0.2) is 225 Å². The van der Waals surface area contributed by atoms with Crippen molar-refractivity contribution in [3.05, 3.63) is 236 Å². The van der Waals surface area contributed by atoms with Gasteiger partial charge in [-0.25, -0.2) is 4.98 Å². The molecule has 0 saturated carbocycles. The van der Waals surface area contributed by atoms with Crippen molar-refractivity contribution < 1.29 is 0 Å². The zero-order valence-electron chi connectivity index (χ0n) is 40.6. The highest BCUT2D eigenvalue weighted by Gasteiger charge is 2.46. The highest BCUT2D eigenvalue weighted by molar-refractivity contribution is 7.00. The Bertz CT molecular complexity index is 3410. The van der Waals surface area contributed by atoms with Crippen molar-refractivity contribution in [2.24, 2.45) is 0 Å². The SMILES string of the molecule is CC(C)(C)c1ccc(N(c2ccc(C(C)(C)C)cc2)c2ccc3c(c2)N(c2ccccc2)c2cccc4c2B3c2nc3cc(N(c5ccccc5)c5ccccc5)ccn3c2N4c2ccccc2)cc1. The molecule has 0 aliphatic carbocycles. The van der Waals surface area contributed by atoms with Crippen LogP contribution in [-0.4, -0.2) is 16.1 Å². The molecule has 0 bridgehead atoms. The quantitative estimate of drug-likeness (QED) is 0.142. The fourth-order valence-corrected chi connectivity index (χ4v) is 10.6. The molecule has 6 nitrogen and oxygen atoms in total. The molecule has 0 spiro atoms. The molecule has 0 fully saturated rings. The van der Waals surface area contributed by atoms with Gasteiger partial charge in [0.1, 0.15) is 11.5 Å². The first kappa shape index (κ1) is 43.0. The molecular weight excluding hydrogens is 852 g/mol. The van der Waals surface area contributed by atoms with E-state index in [0.29, 0.717) is 0 Å². The summed E-state index contributed by atoms with van der Waals surface area (Å²) in [4.78, 5) is 15.4. The van der Waals surface area contributed by atoms with Gasteiger partial charge in [-0.15, -0.1) is 0 Å². The summed E-state index contributed by atoms with van der Waals surface area (Å²) in [6.07, 6.45) is 2.21. The van der Waals surface area contributed by atoms with E-state index in [4.69, 9.17) is 4.98 Å². The third-order valence-corrected chi connectivity index (χ3v) is 14.0. The lowest BCUT2D eigenvalue weighted by Gasteiger charge is -2.42. The lowest BCUT2D eigenvalue weighted by molar-refractivity contribution is 0.590. The first-order valence-corrected chi connectivity index (χ1v) is 24.4. The molecule has 4 heterocycles. The molecule has 70 heavy (non-hydrogen) atoms. The predicted molar refractivity (Wildman–Crippen MR) is 296 cm³/mol. The lowest BCUT2D eigenvalue weighted by atomic mass is 9.35. The van der Waals surface area contributed by atoms with Crippen LogP contribution in [-0.2, 0) is 10.8 Å². The van der Waals surface area contributed by atoms with Crippen LogP contribution in [0.25, 0.3) is 5.65 Å². The molecule has 0 amide bonds. The zero-order chi connectivity index (χ0) is 47.7. The third kappa shape index (κ3) is 7.32. The van der Waals surface area contributed by atoms with Gasteiger partial charge in [0, 0.05) is 69.1 Å². The molecular formula is C63H55BN6. The number of nitrogens with zero attached hydrogens (tertiary/aromatic N) is 6. The van der Waals surface area contributed by atoms with Crippen LogP contribution in [0, 0.1) is 0 Å². The van der Waals surface area contributed by atoms with E-state index in [1.165, 1.54) is 22.1 Å². The number of rotatable bonds is 8. The van der Waals surface area contributed by atoms with Gasteiger partial charge in [0.15, 0.2) is 0 Å². The van der Waals surface area contributed by atoms with E-state index < -0.39 is 0 Å². The molecule has 2 aromatic heterocycles. The fourth-order valence-electron chi connectivity index (χ4n) is 10.6. The maximum Gasteiger partial charge on any atom is 0.277 e. The summed E-state index contributed by atoms with van der Waals surface area (Å²) in [6, 6.07) is 79.4. The number of hydrogen-bond acceptors (Lipinski definition) is 5. The van der Waals surface area contributed by atoms with Gasteiger partial charge in [0.05, 0.1) is 11.3 Å². The molecule has 12 rings (SSSR count). The second-order valence-corrected chi connectivity index (χ2v) is 20.6. The minimum atomic E-state index is -0.168. The normalized spacial score (nSPS) is 12.9. The van der Waals surface area contributed by atoms with E-state index in [9.17, 15) is 0 Å². The minimum Gasteiger partial charge on any atom is -0.311 e. The molecule has 0 unspecified atom stereocenters. The monoisotopic (exact) mass is 906 g/mol. The number of pyridine rings is 1. The summed E-state index contributed by atoms with van der Waals surface area (Å²) in [6.45, 7) is 13.5. The van der Waals surface area contributed by atoms with Crippen LogP contribution in [0.3, 0.4) is 0 Å². The average Bonchev–Trinajstić information content (AvgIpc) is 3.76. The number of imidazole rings is 1. The third-order valence-electron chi connectivity index (χ3n) is 14.0. The van der Waals surface area contributed by atoms with Crippen LogP contribution >= 0.6 is 0 Å². The van der Waals surface area contributed by atoms with Gasteiger partial charge in [-0.05, 0) is 136 Å². The van der Waals surface area contributed by atoms with Crippen molar-refractivity contribution in [3.8, 4) is 0 Å². The van der Waals surface area contributed by atoms with Crippen molar-refractivity contribution in [3.63, 3.8) is 0 Å². The average molecular weight is 907 g/mol. The molecule has 2 aliphatic heterocycles. The highest BCUT2D eigenvalue weighted by atomic mass is 15.3. The Hall–Kier alpha value is -8.29. The number of fused-ring (bicyclic) bond motifs is 6. The van der Waals surface area contributed by atoms with Crippen molar-refractivity contribution >= 4 is 97.3 Å². The van der Waals surface area contributed by atoms with Gasteiger partial charge in [0.25, 0.3) is 6.71 Å². The second kappa shape index (κ2) is 16.7. The molecule has 0 atom stereocenters. The maximum atomic E-state index is 5.76. The number of aromatic nitrogens is 2. The lowest BCUT2D eigenvalue weighted by Crippen LogP contribution is -2.61. The van der Waals surface area contributed by atoms with Gasteiger partial charge in [0.2, 0.25) is 0 Å². The fraction of sp³-hybridized carbons (Fsp3) is 0.127. The van der Waals surface area contributed by atoms with E-state index in [2.05, 4.69) is 290 Å². The van der Waals surface area contributed by atoms with Crippen molar-refractivity contribution in [2.45, 2.75) is 52.4 Å². The number of hydrogen-bond donors (Lipinski definition) is 0. The Morgan fingerprint density at radius 1 is 0.400 bits per heavy atom. The Morgan fingerprint density at radius 3 is 1.36 bits per heavy atom. The van der Waals surface area contributed by atoms with Crippen LogP contribution in [0.1, 0.15) is 52.7 Å². The Labute approximate surface area is 412 Å². The van der Waals surface area contributed by atoms with Crippen molar-refractivity contribution in [1.82, 2.24) is 9.38 Å². The number of anilines is 12. The minimum absolute atomic E-state index is 0.0313. The molecule has 10 aromatic rings. The first-order chi connectivity index (χ1) is 34.0. The standard InChI is InChI=1S/C63H55BN6/c1-62(2,3)44-30-34-50(35-31-44)68(51-36-32-45(33-37-51)63(4,5)6)52-38-39-54-57(42-52)69(48-24-15-9-16-25-48)55-28-19-29-56-59(55)64(54)60-61(70(56)49-26-17-10-18-27-49)66-41-40-53(43-58(66)65-60)67(46-20-11-7-12-21-46)47-22-13-8-14-23-47/h7-43H,1-6H3. The van der Waals surface area contributed by atoms with E-state index >= 15 is 0 Å². The van der Waals surface area contributed by atoms with Gasteiger partial charge in [-0.1, -0.05) is 151 Å². The molecule has 2 aliphatic rings. The molecule has 0 N–H and O–H groups in total. The van der Waals surface area contributed by atoms with Crippen LogP contribution in [0.2, 0.25) is 0 Å². The largest absolute Gasteiger partial charge is 0.311 e. The Kier molecular flexibility index (Phi) is 10.3. The molecule has 0 radical (unpaired) electrons. The van der Waals surface area contributed by atoms with Crippen LogP contribution in [0.5, 0.6) is 0 Å². The summed E-state index contributed by atoms with van der Waals surface area (Å²) in [5.41, 5.74) is 19.1. The smallest absolute Gasteiger partial charge is 0.277 e. The zero-order valence-corrected chi connectivity index (χ0v) is 40.6. The summed E-state index contributed by atoms with van der Waals surface area (Å²) in [5.74, 6) is 1.04. The van der Waals surface area contributed by atoms with Gasteiger partial charge >= 0.3 is 0 Å². The van der Waals surface area contributed by atoms with E-state index in [0.717, 1.165) is 79.6 Å². The Morgan fingerprint density at radius 2 is 0.843 bits per heavy atom. The molecule has 7 heteroatoms. The van der Waals surface area contributed by atoms with Gasteiger partial charge in [-0.2, -0.15) is 0 Å². The van der Waals surface area contributed by atoms with Gasteiger partial charge in [-0.3, -0.25) is 9.30 Å². The van der Waals surface area contributed by atoms with Gasteiger partial charge < -0.3 is 14.7 Å². The molecule has 8 aromatic carbocycles. The van der Waals surface area contributed by atoms with E-state index in [1.54, 1.807) is 0 Å². The number of benzene rings is 8. The van der Waals surface area contributed by atoms with Crippen LogP contribution < -0.4 is 36.1 Å². The Balaban J connectivity index is 1.09. The summed E-state index contributed by atoms with van der Waals surface area (Å²) in [5, 5.41) is 0. The van der Waals surface area contributed by atoms with E-state index in [1.807, 2.05) is 0 Å². The highest BCUT2D eigenvalue weighted by Crippen LogP contribution is 2.47. The summed E-state index contributed by atoms with van der Waals surface area (Å²) in [7, 11) is 0. The maximum absolute atomic E-state index is 5.76. The summed E-state index contributed by atoms with van der Waals surface area (Å²) >= 11 is 0. The second-order valence-electron chi connectivity index (χ2n) is 20.6. The predicted octanol–water partition coefficient (Wildman–Crippen LogP) is 15.0. The van der Waals surface area contributed by atoms with Crippen molar-refractivity contribution in [2.75, 3.05) is 19.6 Å². The molecule has 0 saturated heterocycles. The summed E-state index contributed by atoms with van der Waals surface area (Å²) < 4.78 is 2.29. The van der Waals surface area contributed by atoms with Crippen molar-refractivity contribution in [1.29, 1.82) is 0 Å². The first-order valence-electron chi connectivity index (χ1n) is 24.4. The molecule has 340 valence electrons.